The summed E-state index contributed by atoms with van der Waals surface area (Å²) in [5.41, 5.74) is 5.90. The lowest BCUT2D eigenvalue weighted by Gasteiger charge is -2.19. The molecule has 0 atom stereocenters. The van der Waals surface area contributed by atoms with E-state index in [-0.39, 0.29) is 0 Å². The molecule has 1 aromatic rings. The topological polar surface area (TPSA) is 0 Å². The van der Waals surface area contributed by atoms with Gasteiger partial charge in [-0.3, -0.25) is 0 Å². The van der Waals surface area contributed by atoms with Crippen LogP contribution in [0.25, 0.3) is 0 Å². The zero-order valence-corrected chi connectivity index (χ0v) is 13.8. The molecule has 0 radical (unpaired) electrons. The Labute approximate surface area is 116 Å². The summed E-state index contributed by atoms with van der Waals surface area (Å²) in [5.74, 6) is 0. The van der Waals surface area contributed by atoms with Crippen molar-refractivity contribution in [3.05, 3.63) is 31.2 Å². The maximum absolute atomic E-state index is 3.80. The first-order valence-electron chi connectivity index (χ1n) is 6.12. The molecule has 0 saturated carbocycles. The predicted molar refractivity (Wildman–Crippen MR) is 79.4 cm³/mol. The molecule has 0 bridgehead atoms. The van der Waals surface area contributed by atoms with E-state index in [1.165, 1.54) is 31.2 Å². The predicted octanol–water partition coefficient (Wildman–Crippen LogP) is 5.46. The minimum Gasteiger partial charge on any atom is -0.0612 e. The summed E-state index contributed by atoms with van der Waals surface area (Å²) in [4.78, 5) is 0. The third-order valence-corrected chi connectivity index (χ3v) is 5.12. The van der Waals surface area contributed by atoms with E-state index in [0.717, 1.165) is 25.7 Å². The summed E-state index contributed by atoms with van der Waals surface area (Å²) in [6.07, 6.45) is 4.39. The Morgan fingerprint density at radius 3 is 0.875 bits per heavy atom. The van der Waals surface area contributed by atoms with Crippen LogP contribution in [0.15, 0.2) is 8.95 Å². The zero-order valence-electron chi connectivity index (χ0n) is 10.6. The fraction of sp³-hybridized carbons (Fsp3) is 0.571. The molecule has 0 fully saturated rings. The quantitative estimate of drug-likeness (QED) is 0.678. The largest absolute Gasteiger partial charge is 0.0612 e. The lowest BCUT2D eigenvalue weighted by molar-refractivity contribution is 0.948. The lowest BCUT2D eigenvalue weighted by atomic mass is 9.93. The van der Waals surface area contributed by atoms with Gasteiger partial charge in [-0.15, -0.1) is 0 Å². The highest BCUT2D eigenvalue weighted by Crippen LogP contribution is 2.37. The van der Waals surface area contributed by atoms with Crippen molar-refractivity contribution in [2.24, 2.45) is 0 Å². The molecule has 0 aliphatic heterocycles. The molecule has 0 aliphatic carbocycles. The molecule has 0 aromatic heterocycles. The van der Waals surface area contributed by atoms with Crippen LogP contribution in [0.5, 0.6) is 0 Å². The molecule has 0 nitrogen and oxygen atoms in total. The highest BCUT2D eigenvalue weighted by molar-refractivity contribution is 9.11. The fourth-order valence-electron chi connectivity index (χ4n) is 2.37. The van der Waals surface area contributed by atoms with Crippen LogP contribution in [0.2, 0.25) is 0 Å². The van der Waals surface area contributed by atoms with Gasteiger partial charge < -0.3 is 0 Å². The molecule has 0 unspecified atom stereocenters. The summed E-state index contributed by atoms with van der Waals surface area (Å²) in [5, 5.41) is 0. The van der Waals surface area contributed by atoms with E-state index in [2.05, 4.69) is 59.6 Å². The minimum absolute atomic E-state index is 1.10. The summed E-state index contributed by atoms with van der Waals surface area (Å²) >= 11 is 7.60. The summed E-state index contributed by atoms with van der Waals surface area (Å²) in [7, 11) is 0. The molecule has 1 rings (SSSR count). The van der Waals surface area contributed by atoms with E-state index in [1.807, 2.05) is 0 Å². The third kappa shape index (κ3) is 2.38. The standard InChI is InChI=1S/C14H20Br2/c1-5-9-10(6-2)14(16)12(8-4)11(7-3)13(9)15/h5-8H2,1-4H3. The van der Waals surface area contributed by atoms with Crippen LogP contribution in [-0.2, 0) is 25.7 Å². The molecular formula is C14H20Br2. The van der Waals surface area contributed by atoms with Crippen LogP contribution in [0.4, 0.5) is 0 Å². The molecular weight excluding hydrogens is 328 g/mol. The van der Waals surface area contributed by atoms with Crippen molar-refractivity contribution in [3.8, 4) is 0 Å². The first kappa shape index (κ1) is 14.2. The first-order valence-corrected chi connectivity index (χ1v) is 7.71. The van der Waals surface area contributed by atoms with Crippen molar-refractivity contribution in [2.75, 3.05) is 0 Å². The maximum atomic E-state index is 3.80. The lowest BCUT2D eigenvalue weighted by Crippen LogP contribution is -2.04. The average Bonchev–Trinajstić information content (AvgIpc) is 2.30. The SMILES string of the molecule is CCc1c(Br)c(CC)c(CC)c(Br)c1CC. The summed E-state index contributed by atoms with van der Waals surface area (Å²) < 4.78 is 2.68. The van der Waals surface area contributed by atoms with Crippen LogP contribution in [0, 0.1) is 0 Å². The van der Waals surface area contributed by atoms with Gasteiger partial charge in [0, 0.05) is 8.95 Å². The van der Waals surface area contributed by atoms with Crippen molar-refractivity contribution < 1.29 is 0 Å². The van der Waals surface area contributed by atoms with Crippen molar-refractivity contribution >= 4 is 31.9 Å². The van der Waals surface area contributed by atoms with Crippen molar-refractivity contribution in [2.45, 2.75) is 53.4 Å². The fourth-order valence-corrected chi connectivity index (χ4v) is 4.45. The van der Waals surface area contributed by atoms with Crippen LogP contribution < -0.4 is 0 Å². The van der Waals surface area contributed by atoms with Gasteiger partial charge >= 0.3 is 0 Å². The molecule has 0 heterocycles. The van der Waals surface area contributed by atoms with E-state index in [9.17, 15) is 0 Å². The molecule has 2 heteroatoms. The average molecular weight is 348 g/mol. The van der Waals surface area contributed by atoms with Crippen molar-refractivity contribution in [3.63, 3.8) is 0 Å². The van der Waals surface area contributed by atoms with E-state index >= 15 is 0 Å². The van der Waals surface area contributed by atoms with Gasteiger partial charge in [-0.25, -0.2) is 0 Å². The number of rotatable bonds is 4. The van der Waals surface area contributed by atoms with Gasteiger partial charge in [0.25, 0.3) is 0 Å². The minimum atomic E-state index is 1.10. The van der Waals surface area contributed by atoms with Crippen LogP contribution >= 0.6 is 31.9 Å². The van der Waals surface area contributed by atoms with Gasteiger partial charge in [-0.2, -0.15) is 0 Å². The highest BCUT2D eigenvalue weighted by Gasteiger charge is 2.17. The number of hydrogen-bond acceptors (Lipinski definition) is 0. The molecule has 0 saturated heterocycles. The van der Waals surface area contributed by atoms with Gasteiger partial charge in [0.1, 0.15) is 0 Å². The number of hydrogen-bond donors (Lipinski definition) is 0. The maximum Gasteiger partial charge on any atom is 0.0245 e. The number of halogens is 2. The Balaban J connectivity index is 3.60. The van der Waals surface area contributed by atoms with Gasteiger partial charge in [0.15, 0.2) is 0 Å². The van der Waals surface area contributed by atoms with Crippen molar-refractivity contribution in [1.82, 2.24) is 0 Å². The second-order valence-corrected chi connectivity index (χ2v) is 5.54. The van der Waals surface area contributed by atoms with Gasteiger partial charge in [0.05, 0.1) is 0 Å². The Hall–Kier alpha value is 0.180. The van der Waals surface area contributed by atoms with E-state index in [4.69, 9.17) is 0 Å². The normalized spacial score (nSPS) is 10.9. The molecule has 0 aliphatic rings. The van der Waals surface area contributed by atoms with Gasteiger partial charge in [-0.1, -0.05) is 59.6 Å². The summed E-state index contributed by atoms with van der Waals surface area (Å²) in [6.45, 7) is 8.93. The molecule has 90 valence electrons. The Kier molecular flexibility index (Phi) is 5.52. The smallest absolute Gasteiger partial charge is 0.0245 e. The first-order chi connectivity index (χ1) is 7.62. The van der Waals surface area contributed by atoms with Gasteiger partial charge in [0.2, 0.25) is 0 Å². The molecule has 0 amide bonds. The second-order valence-electron chi connectivity index (χ2n) is 3.96. The van der Waals surface area contributed by atoms with Crippen LogP contribution in [0.3, 0.4) is 0 Å². The van der Waals surface area contributed by atoms with Crippen molar-refractivity contribution in [1.29, 1.82) is 0 Å². The van der Waals surface area contributed by atoms with E-state index < -0.39 is 0 Å². The van der Waals surface area contributed by atoms with Crippen LogP contribution in [0.1, 0.15) is 49.9 Å². The molecule has 0 N–H and O–H groups in total. The summed E-state index contributed by atoms with van der Waals surface area (Å²) in [6, 6.07) is 0. The van der Waals surface area contributed by atoms with E-state index in [1.54, 1.807) is 0 Å². The molecule has 1 aromatic carbocycles. The third-order valence-electron chi connectivity index (χ3n) is 3.20. The van der Waals surface area contributed by atoms with Gasteiger partial charge in [-0.05, 0) is 47.9 Å². The number of benzene rings is 1. The molecule has 16 heavy (non-hydrogen) atoms. The highest BCUT2D eigenvalue weighted by atomic mass is 79.9. The monoisotopic (exact) mass is 346 g/mol. The Bertz CT molecular complexity index is 311. The zero-order chi connectivity index (χ0) is 12.3. The molecule has 0 spiro atoms. The Morgan fingerprint density at radius 2 is 0.750 bits per heavy atom. The van der Waals surface area contributed by atoms with E-state index in [0.29, 0.717) is 0 Å². The van der Waals surface area contributed by atoms with Crippen LogP contribution in [-0.4, -0.2) is 0 Å². The Morgan fingerprint density at radius 1 is 0.562 bits per heavy atom. The second kappa shape index (κ2) is 6.20.